The molecule has 4 heteroatoms. The largest absolute Gasteiger partial charge is 0.359 e. The first kappa shape index (κ1) is 9.86. The molecular formula is C11H11FN2O. The van der Waals surface area contributed by atoms with Gasteiger partial charge in [0.15, 0.2) is 5.76 Å². The van der Waals surface area contributed by atoms with E-state index in [9.17, 15) is 4.39 Å². The number of nitrogens with one attached hydrogen (secondary N) is 1. The van der Waals surface area contributed by atoms with Gasteiger partial charge in [0.25, 0.3) is 0 Å². The topological polar surface area (TPSA) is 38.1 Å². The predicted octanol–water partition coefficient (Wildman–Crippen LogP) is 2.20. The molecule has 0 aliphatic rings. The molecule has 0 radical (unpaired) electrons. The van der Waals surface area contributed by atoms with Gasteiger partial charge in [-0.2, -0.15) is 0 Å². The van der Waals surface area contributed by atoms with E-state index in [1.54, 1.807) is 18.2 Å². The summed E-state index contributed by atoms with van der Waals surface area (Å²) >= 11 is 0. The van der Waals surface area contributed by atoms with Crippen molar-refractivity contribution >= 4 is 0 Å². The third kappa shape index (κ3) is 2.22. The fourth-order valence-corrected chi connectivity index (χ4v) is 1.35. The van der Waals surface area contributed by atoms with Crippen LogP contribution in [-0.2, 0) is 6.54 Å². The summed E-state index contributed by atoms with van der Waals surface area (Å²) in [5.41, 5.74) is 1.38. The van der Waals surface area contributed by atoms with E-state index in [0.717, 1.165) is 11.3 Å². The number of halogens is 1. The lowest BCUT2D eigenvalue weighted by Crippen LogP contribution is -2.03. The lowest BCUT2D eigenvalue weighted by atomic mass is 10.1. The molecule has 0 saturated carbocycles. The molecule has 0 unspecified atom stereocenters. The van der Waals surface area contributed by atoms with Crippen LogP contribution in [0, 0.1) is 5.82 Å². The Morgan fingerprint density at radius 3 is 3.00 bits per heavy atom. The summed E-state index contributed by atoms with van der Waals surface area (Å²) in [6.45, 7) is 0.613. The maximum Gasteiger partial charge on any atom is 0.151 e. The summed E-state index contributed by atoms with van der Waals surface area (Å²) in [6, 6.07) is 8.07. The number of rotatable bonds is 3. The Morgan fingerprint density at radius 1 is 1.40 bits per heavy atom. The molecule has 0 bridgehead atoms. The monoisotopic (exact) mass is 206 g/mol. The van der Waals surface area contributed by atoms with Crippen molar-refractivity contribution in [3.05, 3.63) is 41.9 Å². The molecule has 0 atom stereocenters. The molecule has 1 aromatic carbocycles. The van der Waals surface area contributed by atoms with Gasteiger partial charge in [0.1, 0.15) is 11.5 Å². The summed E-state index contributed by atoms with van der Waals surface area (Å²) in [4.78, 5) is 0. The van der Waals surface area contributed by atoms with Gasteiger partial charge in [0, 0.05) is 11.6 Å². The maximum atomic E-state index is 12.9. The second-order valence-electron chi connectivity index (χ2n) is 3.22. The van der Waals surface area contributed by atoms with Crippen molar-refractivity contribution in [2.24, 2.45) is 0 Å². The molecule has 1 heterocycles. The Hall–Kier alpha value is -1.68. The molecule has 1 N–H and O–H groups in total. The SMILES string of the molecule is CNCc1cc(-c2cccc(F)c2)no1. The predicted molar refractivity (Wildman–Crippen MR) is 54.7 cm³/mol. The normalized spacial score (nSPS) is 10.5. The van der Waals surface area contributed by atoms with Gasteiger partial charge >= 0.3 is 0 Å². The Balaban J connectivity index is 2.29. The van der Waals surface area contributed by atoms with Gasteiger partial charge in [0.05, 0.1) is 6.54 Å². The van der Waals surface area contributed by atoms with Gasteiger partial charge in [-0.15, -0.1) is 0 Å². The lowest BCUT2D eigenvalue weighted by Gasteiger charge is -1.93. The zero-order valence-electron chi connectivity index (χ0n) is 8.33. The van der Waals surface area contributed by atoms with Crippen molar-refractivity contribution < 1.29 is 8.91 Å². The van der Waals surface area contributed by atoms with Crippen molar-refractivity contribution in [3.8, 4) is 11.3 Å². The third-order valence-electron chi connectivity index (χ3n) is 2.03. The number of hydrogen-bond donors (Lipinski definition) is 1. The number of nitrogens with zero attached hydrogens (tertiary/aromatic N) is 1. The lowest BCUT2D eigenvalue weighted by molar-refractivity contribution is 0.379. The molecule has 0 aliphatic heterocycles. The molecule has 0 aliphatic carbocycles. The van der Waals surface area contributed by atoms with Gasteiger partial charge in [-0.05, 0) is 19.2 Å². The van der Waals surface area contributed by atoms with Crippen LogP contribution in [0.2, 0.25) is 0 Å². The number of aromatic nitrogens is 1. The second-order valence-corrected chi connectivity index (χ2v) is 3.22. The van der Waals surface area contributed by atoms with Crippen molar-refractivity contribution in [2.75, 3.05) is 7.05 Å². The number of hydrogen-bond acceptors (Lipinski definition) is 3. The zero-order chi connectivity index (χ0) is 10.7. The first-order chi connectivity index (χ1) is 7.29. The second kappa shape index (κ2) is 4.23. The van der Waals surface area contributed by atoms with Crippen molar-refractivity contribution in [1.29, 1.82) is 0 Å². The van der Waals surface area contributed by atoms with Crippen LogP contribution in [0.25, 0.3) is 11.3 Å². The summed E-state index contributed by atoms with van der Waals surface area (Å²) in [7, 11) is 1.82. The summed E-state index contributed by atoms with van der Waals surface area (Å²) < 4.78 is 18.0. The van der Waals surface area contributed by atoms with Gasteiger partial charge in [-0.25, -0.2) is 4.39 Å². The van der Waals surface area contributed by atoms with Gasteiger partial charge in [-0.1, -0.05) is 17.3 Å². The van der Waals surface area contributed by atoms with E-state index in [-0.39, 0.29) is 5.82 Å². The fraction of sp³-hybridized carbons (Fsp3) is 0.182. The smallest absolute Gasteiger partial charge is 0.151 e. The van der Waals surface area contributed by atoms with Gasteiger partial charge < -0.3 is 9.84 Å². The minimum Gasteiger partial charge on any atom is -0.359 e. The molecule has 15 heavy (non-hydrogen) atoms. The third-order valence-corrected chi connectivity index (χ3v) is 2.03. The highest BCUT2D eigenvalue weighted by Crippen LogP contribution is 2.19. The van der Waals surface area contributed by atoms with E-state index >= 15 is 0 Å². The molecule has 78 valence electrons. The van der Waals surface area contributed by atoms with Crippen LogP contribution in [0.15, 0.2) is 34.9 Å². The summed E-state index contributed by atoms with van der Waals surface area (Å²) in [5, 5.41) is 6.82. The number of benzene rings is 1. The van der Waals surface area contributed by atoms with Crippen LogP contribution in [0.1, 0.15) is 5.76 Å². The Labute approximate surface area is 86.9 Å². The highest BCUT2D eigenvalue weighted by molar-refractivity contribution is 5.58. The van der Waals surface area contributed by atoms with Crippen LogP contribution < -0.4 is 5.32 Å². The van der Waals surface area contributed by atoms with E-state index in [1.807, 2.05) is 7.05 Å². The first-order valence-electron chi connectivity index (χ1n) is 4.66. The standard InChI is InChI=1S/C11H11FN2O/c1-13-7-10-6-11(14-15-10)8-3-2-4-9(12)5-8/h2-6,13H,7H2,1H3. The molecule has 0 fully saturated rings. The van der Waals surface area contributed by atoms with Crippen LogP contribution >= 0.6 is 0 Å². The van der Waals surface area contributed by atoms with Gasteiger partial charge in [0.2, 0.25) is 0 Å². The van der Waals surface area contributed by atoms with Crippen LogP contribution in [0.4, 0.5) is 4.39 Å². The van der Waals surface area contributed by atoms with E-state index < -0.39 is 0 Å². The molecule has 1 aromatic heterocycles. The first-order valence-corrected chi connectivity index (χ1v) is 4.66. The van der Waals surface area contributed by atoms with Gasteiger partial charge in [-0.3, -0.25) is 0 Å². The quantitative estimate of drug-likeness (QED) is 0.836. The van der Waals surface area contributed by atoms with E-state index in [0.29, 0.717) is 12.2 Å². The summed E-state index contributed by atoms with van der Waals surface area (Å²) in [5.74, 6) is 0.461. The van der Waals surface area contributed by atoms with Crippen molar-refractivity contribution in [3.63, 3.8) is 0 Å². The Morgan fingerprint density at radius 2 is 2.27 bits per heavy atom. The van der Waals surface area contributed by atoms with Crippen LogP contribution in [0.5, 0.6) is 0 Å². The van der Waals surface area contributed by atoms with Crippen molar-refractivity contribution in [2.45, 2.75) is 6.54 Å². The Kier molecular flexibility index (Phi) is 2.78. The summed E-state index contributed by atoms with van der Waals surface area (Å²) in [6.07, 6.45) is 0. The Bertz CT molecular complexity index is 453. The molecular weight excluding hydrogens is 195 g/mol. The van der Waals surface area contributed by atoms with E-state index in [1.165, 1.54) is 12.1 Å². The average molecular weight is 206 g/mol. The minimum atomic E-state index is -0.273. The highest BCUT2D eigenvalue weighted by atomic mass is 19.1. The van der Waals surface area contributed by atoms with Crippen LogP contribution in [-0.4, -0.2) is 12.2 Å². The average Bonchev–Trinajstić information content (AvgIpc) is 2.67. The molecule has 0 amide bonds. The zero-order valence-corrected chi connectivity index (χ0v) is 8.33. The minimum absolute atomic E-state index is 0.273. The van der Waals surface area contributed by atoms with Crippen LogP contribution in [0.3, 0.4) is 0 Å². The molecule has 0 spiro atoms. The molecule has 2 rings (SSSR count). The maximum absolute atomic E-state index is 12.9. The fourth-order valence-electron chi connectivity index (χ4n) is 1.35. The molecule has 2 aromatic rings. The molecule has 3 nitrogen and oxygen atoms in total. The van der Waals surface area contributed by atoms with E-state index in [4.69, 9.17) is 4.52 Å². The van der Waals surface area contributed by atoms with E-state index in [2.05, 4.69) is 10.5 Å². The highest BCUT2D eigenvalue weighted by Gasteiger charge is 2.06. The molecule has 0 saturated heterocycles. The van der Waals surface area contributed by atoms with Crippen molar-refractivity contribution in [1.82, 2.24) is 10.5 Å².